The molecule has 0 unspecified atom stereocenters. The summed E-state index contributed by atoms with van der Waals surface area (Å²) in [5.41, 5.74) is 0.782. The number of rotatable bonds is 0. The fraction of sp³-hybridized carbons (Fsp3) is 0.143. The summed E-state index contributed by atoms with van der Waals surface area (Å²) < 4.78 is 0. The summed E-state index contributed by atoms with van der Waals surface area (Å²) in [5.74, 6) is 0. The van der Waals surface area contributed by atoms with Gasteiger partial charge in [-0.1, -0.05) is 0 Å². The molecule has 1 N–H and O–H groups in total. The molecule has 0 atom stereocenters. The third-order valence-electron chi connectivity index (χ3n) is 1.60. The summed E-state index contributed by atoms with van der Waals surface area (Å²) in [4.78, 5) is 18.4. The molecule has 0 aliphatic rings. The number of halogens is 1. The molecular formula is C7H5ClN2OS. The summed E-state index contributed by atoms with van der Waals surface area (Å²) in [6.45, 7) is 1.88. The number of aromatic nitrogens is 2. The van der Waals surface area contributed by atoms with Crippen molar-refractivity contribution in [2.75, 3.05) is 0 Å². The molecule has 3 nitrogen and oxygen atoms in total. The smallest absolute Gasteiger partial charge is 0.260 e. The first kappa shape index (κ1) is 7.76. The van der Waals surface area contributed by atoms with Gasteiger partial charge in [0.2, 0.25) is 5.28 Å². The zero-order valence-electron chi connectivity index (χ0n) is 6.22. The molecule has 2 rings (SSSR count). The molecule has 2 aromatic rings. The Labute approximate surface area is 77.0 Å². The van der Waals surface area contributed by atoms with Gasteiger partial charge < -0.3 is 0 Å². The molecule has 12 heavy (non-hydrogen) atoms. The Hall–Kier alpha value is -0.870. The average molecular weight is 201 g/mol. The van der Waals surface area contributed by atoms with Crippen molar-refractivity contribution in [3.05, 3.63) is 26.6 Å². The van der Waals surface area contributed by atoms with Crippen LogP contribution < -0.4 is 5.56 Å². The van der Waals surface area contributed by atoms with Gasteiger partial charge in [0.1, 0.15) is 4.83 Å². The zero-order chi connectivity index (χ0) is 8.72. The zero-order valence-corrected chi connectivity index (χ0v) is 7.79. The number of fused-ring (bicyclic) bond motifs is 1. The molecule has 62 valence electrons. The number of aromatic amines is 1. The maximum absolute atomic E-state index is 11.3. The minimum atomic E-state index is -0.163. The van der Waals surface area contributed by atoms with Gasteiger partial charge in [-0.25, -0.2) is 4.98 Å². The number of aryl methyl sites for hydroxylation is 1. The van der Waals surface area contributed by atoms with Crippen molar-refractivity contribution >= 4 is 33.2 Å². The number of hydrogen-bond acceptors (Lipinski definition) is 3. The topological polar surface area (TPSA) is 45.8 Å². The van der Waals surface area contributed by atoms with Crippen LogP contribution in [0, 0.1) is 6.92 Å². The molecule has 0 aliphatic carbocycles. The fourth-order valence-corrected chi connectivity index (χ4v) is 2.20. The van der Waals surface area contributed by atoms with E-state index in [0.29, 0.717) is 10.2 Å². The first-order valence-corrected chi connectivity index (χ1v) is 4.58. The highest BCUT2D eigenvalue weighted by molar-refractivity contribution is 7.16. The van der Waals surface area contributed by atoms with Crippen molar-refractivity contribution in [2.45, 2.75) is 6.92 Å². The van der Waals surface area contributed by atoms with Gasteiger partial charge in [-0.3, -0.25) is 9.78 Å². The van der Waals surface area contributed by atoms with Gasteiger partial charge >= 0.3 is 0 Å². The van der Waals surface area contributed by atoms with Gasteiger partial charge in [0, 0.05) is 0 Å². The van der Waals surface area contributed by atoms with Crippen LogP contribution in [0.4, 0.5) is 0 Å². The van der Waals surface area contributed by atoms with Gasteiger partial charge in [-0.15, -0.1) is 11.3 Å². The van der Waals surface area contributed by atoms with E-state index >= 15 is 0 Å². The SMILES string of the molecule is Cc1csc2nc(Cl)[nH]c(=O)c12. The summed E-state index contributed by atoms with van der Waals surface area (Å²) in [7, 11) is 0. The van der Waals surface area contributed by atoms with Gasteiger partial charge in [-0.05, 0) is 29.5 Å². The van der Waals surface area contributed by atoms with Crippen LogP contribution in [0.15, 0.2) is 10.2 Å². The maximum atomic E-state index is 11.3. The molecule has 0 aromatic carbocycles. The van der Waals surface area contributed by atoms with Crippen LogP contribution in [0.25, 0.3) is 10.2 Å². The Kier molecular flexibility index (Phi) is 1.66. The standard InChI is InChI=1S/C7H5ClN2OS/c1-3-2-12-6-4(3)5(11)9-7(8)10-6/h2H,1H3,(H,9,10,11). The largest absolute Gasteiger partial charge is 0.297 e. The second-order valence-electron chi connectivity index (χ2n) is 2.46. The van der Waals surface area contributed by atoms with Crippen LogP contribution in [0.5, 0.6) is 0 Å². The summed E-state index contributed by atoms with van der Waals surface area (Å²) in [5, 5.41) is 2.68. The van der Waals surface area contributed by atoms with Crippen molar-refractivity contribution in [3.8, 4) is 0 Å². The van der Waals surface area contributed by atoms with E-state index in [9.17, 15) is 4.79 Å². The van der Waals surface area contributed by atoms with Gasteiger partial charge in [0.05, 0.1) is 5.39 Å². The van der Waals surface area contributed by atoms with E-state index in [4.69, 9.17) is 11.6 Å². The second-order valence-corrected chi connectivity index (χ2v) is 3.67. The van der Waals surface area contributed by atoms with E-state index in [1.54, 1.807) is 0 Å². The minimum Gasteiger partial charge on any atom is -0.297 e. The lowest BCUT2D eigenvalue weighted by Gasteiger charge is -1.90. The van der Waals surface area contributed by atoms with Crippen molar-refractivity contribution in [1.82, 2.24) is 9.97 Å². The van der Waals surface area contributed by atoms with Crippen LogP contribution in [0.1, 0.15) is 5.56 Å². The lowest BCUT2D eigenvalue weighted by molar-refractivity contribution is 1.18. The molecule has 2 heterocycles. The molecule has 5 heteroatoms. The summed E-state index contributed by atoms with van der Waals surface area (Å²) in [6.07, 6.45) is 0. The van der Waals surface area contributed by atoms with Crippen molar-refractivity contribution < 1.29 is 0 Å². The highest BCUT2D eigenvalue weighted by Crippen LogP contribution is 2.20. The van der Waals surface area contributed by atoms with Crippen molar-refractivity contribution in [2.24, 2.45) is 0 Å². The number of nitrogens with one attached hydrogen (secondary N) is 1. The Morgan fingerprint density at radius 1 is 1.67 bits per heavy atom. The highest BCUT2D eigenvalue weighted by atomic mass is 35.5. The summed E-state index contributed by atoms with van der Waals surface area (Å²) >= 11 is 7.00. The lowest BCUT2D eigenvalue weighted by Crippen LogP contribution is -2.06. The van der Waals surface area contributed by atoms with E-state index in [0.717, 1.165) is 5.56 Å². The normalized spacial score (nSPS) is 10.8. The summed E-state index contributed by atoms with van der Waals surface area (Å²) in [6, 6.07) is 0. The molecule has 0 aliphatic heterocycles. The second kappa shape index (κ2) is 2.57. The first-order chi connectivity index (χ1) is 5.68. The van der Waals surface area contributed by atoms with Crippen LogP contribution >= 0.6 is 22.9 Å². The van der Waals surface area contributed by atoms with Gasteiger partial charge in [0.25, 0.3) is 5.56 Å². The first-order valence-electron chi connectivity index (χ1n) is 3.32. The van der Waals surface area contributed by atoms with Crippen LogP contribution in [-0.4, -0.2) is 9.97 Å². The molecule has 0 amide bonds. The number of H-pyrrole nitrogens is 1. The van der Waals surface area contributed by atoms with Crippen LogP contribution in [-0.2, 0) is 0 Å². The number of thiophene rings is 1. The maximum Gasteiger partial charge on any atom is 0.260 e. The van der Waals surface area contributed by atoms with E-state index in [2.05, 4.69) is 9.97 Å². The monoisotopic (exact) mass is 200 g/mol. The Morgan fingerprint density at radius 2 is 2.42 bits per heavy atom. The molecule has 0 spiro atoms. The quantitative estimate of drug-likeness (QED) is 0.661. The number of nitrogens with zero attached hydrogens (tertiary/aromatic N) is 1. The predicted molar refractivity (Wildman–Crippen MR) is 50.0 cm³/mol. The molecule has 0 radical (unpaired) electrons. The van der Waals surface area contributed by atoms with Crippen LogP contribution in [0.3, 0.4) is 0 Å². The molecular weight excluding hydrogens is 196 g/mol. The number of hydrogen-bond donors (Lipinski definition) is 1. The highest BCUT2D eigenvalue weighted by Gasteiger charge is 2.06. The van der Waals surface area contributed by atoms with Crippen molar-refractivity contribution in [3.63, 3.8) is 0 Å². The Bertz CT molecular complexity index is 488. The fourth-order valence-electron chi connectivity index (χ4n) is 1.06. The lowest BCUT2D eigenvalue weighted by atomic mass is 10.3. The van der Waals surface area contributed by atoms with Gasteiger partial charge in [0.15, 0.2) is 0 Å². The third kappa shape index (κ3) is 1.04. The molecule has 2 aromatic heterocycles. The molecule has 0 fully saturated rings. The van der Waals surface area contributed by atoms with Gasteiger partial charge in [-0.2, -0.15) is 0 Å². The molecule has 0 saturated carbocycles. The average Bonchev–Trinajstić information content (AvgIpc) is 2.31. The Morgan fingerprint density at radius 3 is 3.17 bits per heavy atom. The third-order valence-corrected chi connectivity index (χ3v) is 2.77. The molecule has 0 saturated heterocycles. The Balaban J connectivity index is 3.03. The van der Waals surface area contributed by atoms with E-state index < -0.39 is 0 Å². The van der Waals surface area contributed by atoms with E-state index in [-0.39, 0.29) is 10.8 Å². The minimum absolute atomic E-state index is 0.148. The van der Waals surface area contributed by atoms with E-state index in [1.165, 1.54) is 11.3 Å². The molecule has 0 bridgehead atoms. The van der Waals surface area contributed by atoms with E-state index in [1.807, 2.05) is 12.3 Å². The van der Waals surface area contributed by atoms with Crippen LogP contribution in [0.2, 0.25) is 5.28 Å². The predicted octanol–water partition coefficient (Wildman–Crippen LogP) is 1.95. The van der Waals surface area contributed by atoms with Crippen molar-refractivity contribution in [1.29, 1.82) is 0 Å².